The molecule has 0 aromatic carbocycles. The normalized spacial score (nSPS) is 35.1. The lowest BCUT2D eigenvalue weighted by molar-refractivity contribution is -0.178. The smallest absolute Gasteiger partial charge is 0.309 e. The molecule has 0 amide bonds. The van der Waals surface area contributed by atoms with E-state index in [2.05, 4.69) is 0 Å². The number of Topliss-reactive ketones (excluding diaryl/α,β-unsaturated/α-hetero) is 1. The molecule has 15 heavy (non-hydrogen) atoms. The summed E-state index contributed by atoms with van der Waals surface area (Å²) in [6.45, 7) is 5.76. The zero-order chi connectivity index (χ0) is 11.2. The van der Waals surface area contributed by atoms with Crippen molar-refractivity contribution < 1.29 is 14.3 Å². The van der Waals surface area contributed by atoms with Gasteiger partial charge in [-0.1, -0.05) is 20.8 Å². The number of esters is 1. The maximum atomic E-state index is 12.1. The highest BCUT2D eigenvalue weighted by Gasteiger charge is 2.48. The van der Waals surface area contributed by atoms with Crippen LogP contribution in [0.1, 0.15) is 40.0 Å². The predicted octanol–water partition coefficient (Wildman–Crippen LogP) is 1.94. The fraction of sp³-hybridized carbons (Fsp3) is 0.833. The Kier molecular flexibility index (Phi) is 2.36. The number of carbonyl (C=O) groups is 2. The highest BCUT2D eigenvalue weighted by Crippen LogP contribution is 2.41. The number of hydrogen-bond donors (Lipinski definition) is 0. The van der Waals surface area contributed by atoms with Crippen molar-refractivity contribution in [2.75, 3.05) is 0 Å². The lowest BCUT2D eigenvalue weighted by atomic mass is 9.68. The minimum Gasteiger partial charge on any atom is -0.462 e. The van der Waals surface area contributed by atoms with Crippen molar-refractivity contribution in [3.8, 4) is 0 Å². The molecule has 3 nitrogen and oxygen atoms in total. The quantitative estimate of drug-likeness (QED) is 0.621. The molecular formula is C12H18O3. The number of fused-ring (bicyclic) bond motifs is 3. The molecule has 1 aliphatic carbocycles. The van der Waals surface area contributed by atoms with Crippen LogP contribution in [0.3, 0.4) is 0 Å². The molecular weight excluding hydrogens is 192 g/mol. The zero-order valence-corrected chi connectivity index (χ0v) is 9.58. The van der Waals surface area contributed by atoms with Crippen molar-refractivity contribution >= 4 is 11.8 Å². The summed E-state index contributed by atoms with van der Waals surface area (Å²) in [5.74, 6) is -0.194. The third kappa shape index (κ3) is 1.80. The highest BCUT2D eigenvalue weighted by molar-refractivity contribution is 5.91. The van der Waals surface area contributed by atoms with E-state index in [-0.39, 0.29) is 35.1 Å². The van der Waals surface area contributed by atoms with Crippen molar-refractivity contribution in [2.24, 2.45) is 17.3 Å². The van der Waals surface area contributed by atoms with Gasteiger partial charge in [0.2, 0.25) is 0 Å². The van der Waals surface area contributed by atoms with E-state index in [1.165, 1.54) is 0 Å². The molecule has 0 spiro atoms. The largest absolute Gasteiger partial charge is 0.462 e. The van der Waals surface area contributed by atoms with Gasteiger partial charge in [-0.3, -0.25) is 9.59 Å². The van der Waals surface area contributed by atoms with Crippen molar-refractivity contribution in [3.05, 3.63) is 0 Å². The van der Waals surface area contributed by atoms with Crippen LogP contribution < -0.4 is 0 Å². The molecule has 2 heterocycles. The first kappa shape index (κ1) is 10.7. The minimum atomic E-state index is -0.345. The molecule has 3 aliphatic rings. The molecule has 3 rings (SSSR count). The van der Waals surface area contributed by atoms with Crippen molar-refractivity contribution in [1.29, 1.82) is 0 Å². The van der Waals surface area contributed by atoms with Crippen LogP contribution in [-0.2, 0) is 14.3 Å². The summed E-state index contributed by atoms with van der Waals surface area (Å²) in [7, 11) is 0. The number of ether oxygens (including phenoxy) is 1. The summed E-state index contributed by atoms with van der Waals surface area (Å²) in [4.78, 5) is 23.7. The lowest BCUT2D eigenvalue weighted by Gasteiger charge is -2.41. The second kappa shape index (κ2) is 3.32. The van der Waals surface area contributed by atoms with E-state index in [1.807, 2.05) is 20.8 Å². The maximum Gasteiger partial charge on any atom is 0.309 e. The summed E-state index contributed by atoms with van der Waals surface area (Å²) in [6.07, 6.45) is 2.51. The minimum absolute atomic E-state index is 0.00111. The molecule has 0 aromatic rings. The molecule has 3 fully saturated rings. The van der Waals surface area contributed by atoms with Gasteiger partial charge >= 0.3 is 5.97 Å². The molecule has 0 N–H and O–H groups in total. The topological polar surface area (TPSA) is 43.4 Å². The molecule has 0 radical (unpaired) electrons. The van der Waals surface area contributed by atoms with Gasteiger partial charge in [0, 0.05) is 11.3 Å². The van der Waals surface area contributed by atoms with Gasteiger partial charge in [0.05, 0.1) is 5.92 Å². The van der Waals surface area contributed by atoms with Crippen LogP contribution in [0.4, 0.5) is 0 Å². The first-order chi connectivity index (χ1) is 6.89. The van der Waals surface area contributed by atoms with Gasteiger partial charge < -0.3 is 4.74 Å². The van der Waals surface area contributed by atoms with E-state index < -0.39 is 0 Å². The first-order valence-corrected chi connectivity index (χ1v) is 5.64. The van der Waals surface area contributed by atoms with Gasteiger partial charge in [-0.25, -0.2) is 0 Å². The first-order valence-electron chi connectivity index (χ1n) is 5.64. The van der Waals surface area contributed by atoms with E-state index in [0.29, 0.717) is 0 Å². The molecule has 3 heteroatoms. The number of ketones is 1. The molecule has 1 saturated carbocycles. The summed E-state index contributed by atoms with van der Waals surface area (Å²) in [5.41, 5.74) is -0.345. The van der Waals surface area contributed by atoms with Crippen molar-refractivity contribution in [3.63, 3.8) is 0 Å². The van der Waals surface area contributed by atoms with Gasteiger partial charge in [0.25, 0.3) is 0 Å². The predicted molar refractivity (Wildman–Crippen MR) is 55.2 cm³/mol. The Morgan fingerprint density at radius 1 is 1.33 bits per heavy atom. The zero-order valence-electron chi connectivity index (χ0n) is 9.58. The molecule has 84 valence electrons. The molecule has 1 unspecified atom stereocenters. The van der Waals surface area contributed by atoms with E-state index in [1.54, 1.807) is 0 Å². The van der Waals surface area contributed by atoms with E-state index in [9.17, 15) is 9.59 Å². The SMILES string of the molecule is CC(C)(C)C(=O)C1C[C@@H]2CC[C@H]1C(=O)O2. The monoisotopic (exact) mass is 210 g/mol. The lowest BCUT2D eigenvalue weighted by Crippen LogP contribution is -2.48. The average Bonchev–Trinajstić information content (AvgIpc) is 2.15. The molecule has 2 aliphatic heterocycles. The van der Waals surface area contributed by atoms with Gasteiger partial charge in [0.1, 0.15) is 11.9 Å². The highest BCUT2D eigenvalue weighted by atomic mass is 16.5. The summed E-state index contributed by atoms with van der Waals surface area (Å²) < 4.78 is 5.19. The average molecular weight is 210 g/mol. The Hall–Kier alpha value is -0.860. The second-order valence-electron chi connectivity index (χ2n) is 5.70. The molecule has 2 bridgehead atoms. The van der Waals surface area contributed by atoms with Crippen molar-refractivity contribution in [1.82, 2.24) is 0 Å². The Morgan fingerprint density at radius 2 is 2.00 bits per heavy atom. The Morgan fingerprint density at radius 3 is 2.47 bits per heavy atom. The van der Waals surface area contributed by atoms with Crippen LogP contribution in [0.15, 0.2) is 0 Å². The number of carbonyl (C=O) groups excluding carboxylic acids is 2. The Bertz CT molecular complexity index is 300. The third-order valence-electron chi connectivity index (χ3n) is 3.46. The summed E-state index contributed by atoms with van der Waals surface area (Å²) >= 11 is 0. The van der Waals surface area contributed by atoms with Gasteiger partial charge in [0.15, 0.2) is 0 Å². The van der Waals surface area contributed by atoms with Crippen LogP contribution in [-0.4, -0.2) is 17.9 Å². The molecule has 3 atom stereocenters. The van der Waals surface area contributed by atoms with E-state index in [0.717, 1.165) is 19.3 Å². The number of rotatable bonds is 1. The van der Waals surface area contributed by atoms with E-state index in [4.69, 9.17) is 4.74 Å². The Labute approximate surface area is 90.2 Å². The van der Waals surface area contributed by atoms with E-state index >= 15 is 0 Å². The molecule has 2 saturated heterocycles. The van der Waals surface area contributed by atoms with Gasteiger partial charge in [-0.05, 0) is 19.3 Å². The maximum absolute atomic E-state index is 12.1. The van der Waals surface area contributed by atoms with Crippen LogP contribution in [0.5, 0.6) is 0 Å². The van der Waals surface area contributed by atoms with Gasteiger partial charge in [-0.15, -0.1) is 0 Å². The van der Waals surface area contributed by atoms with Crippen LogP contribution in [0.25, 0.3) is 0 Å². The fourth-order valence-electron chi connectivity index (χ4n) is 2.62. The van der Waals surface area contributed by atoms with Crippen LogP contribution in [0.2, 0.25) is 0 Å². The van der Waals surface area contributed by atoms with Crippen molar-refractivity contribution in [2.45, 2.75) is 46.1 Å². The van der Waals surface area contributed by atoms with Crippen LogP contribution in [0, 0.1) is 17.3 Å². The number of hydrogen-bond acceptors (Lipinski definition) is 3. The van der Waals surface area contributed by atoms with Gasteiger partial charge in [-0.2, -0.15) is 0 Å². The Balaban J connectivity index is 2.18. The summed E-state index contributed by atoms with van der Waals surface area (Å²) in [5, 5.41) is 0. The standard InChI is InChI=1S/C12H18O3/c1-12(2,3)10(13)9-6-7-4-5-8(9)11(14)15-7/h7-9H,4-6H2,1-3H3/t7-,8+,9?/m0/s1. The fourth-order valence-corrected chi connectivity index (χ4v) is 2.62. The van der Waals surface area contributed by atoms with Crippen LogP contribution >= 0.6 is 0 Å². The third-order valence-corrected chi connectivity index (χ3v) is 3.46. The molecule has 0 aromatic heterocycles. The second-order valence-corrected chi connectivity index (χ2v) is 5.70. The summed E-state index contributed by atoms with van der Waals surface area (Å²) in [6, 6.07) is 0.